The number of amides is 1. The van der Waals surface area contributed by atoms with Crippen molar-refractivity contribution in [2.75, 3.05) is 30.0 Å². The van der Waals surface area contributed by atoms with Crippen LogP contribution >= 0.6 is 0 Å². The fourth-order valence-electron chi connectivity index (χ4n) is 4.28. The number of benzene rings is 2. The standard InChI is InChI=1S/C25H19F3N2O5/c1-29-10-12-35-18-9-4-14(13-17(18)29)22(31)20-21(19-3-2-11-34-19)30(24(33)23(20)32)16-7-5-15(6-8-16)25(26,27)28/h2-9,11,13,21,31H,10,12H2,1H3/b22-20-. The molecule has 1 unspecified atom stereocenters. The number of aliphatic hydroxyl groups is 1. The number of carbonyl (C=O) groups is 2. The Balaban J connectivity index is 1.64. The summed E-state index contributed by atoms with van der Waals surface area (Å²) in [6, 6.07) is 10.6. The molecule has 0 aliphatic carbocycles. The van der Waals surface area contributed by atoms with Crippen LogP contribution in [0.1, 0.15) is 22.9 Å². The molecule has 1 atom stereocenters. The molecule has 5 rings (SSSR count). The van der Waals surface area contributed by atoms with Crippen LogP contribution in [0.3, 0.4) is 0 Å². The predicted molar refractivity (Wildman–Crippen MR) is 120 cm³/mol. The zero-order valence-corrected chi connectivity index (χ0v) is 18.4. The molecule has 1 amide bonds. The Morgan fingerprint density at radius 1 is 1.09 bits per heavy atom. The number of halogens is 3. The molecule has 1 saturated heterocycles. The lowest BCUT2D eigenvalue weighted by atomic mass is 9.98. The maximum atomic E-state index is 13.1. The van der Waals surface area contributed by atoms with Gasteiger partial charge in [0, 0.05) is 18.3 Å². The van der Waals surface area contributed by atoms with Crippen molar-refractivity contribution in [2.45, 2.75) is 12.2 Å². The van der Waals surface area contributed by atoms with Crippen molar-refractivity contribution < 1.29 is 37.0 Å². The molecule has 1 aromatic heterocycles. The smallest absolute Gasteiger partial charge is 0.416 e. The first-order valence-electron chi connectivity index (χ1n) is 10.7. The number of carbonyl (C=O) groups excluding carboxylic acids is 2. The van der Waals surface area contributed by atoms with Gasteiger partial charge in [-0.1, -0.05) is 0 Å². The van der Waals surface area contributed by atoms with Gasteiger partial charge >= 0.3 is 6.18 Å². The largest absolute Gasteiger partial charge is 0.507 e. The summed E-state index contributed by atoms with van der Waals surface area (Å²) < 4.78 is 50.2. The van der Waals surface area contributed by atoms with E-state index in [-0.39, 0.29) is 22.6 Å². The van der Waals surface area contributed by atoms with Crippen molar-refractivity contribution in [3.8, 4) is 5.75 Å². The van der Waals surface area contributed by atoms with E-state index in [2.05, 4.69) is 0 Å². The number of ether oxygens (including phenoxy) is 1. The molecule has 0 bridgehead atoms. The number of furan rings is 1. The van der Waals surface area contributed by atoms with Gasteiger partial charge < -0.3 is 19.2 Å². The van der Waals surface area contributed by atoms with Gasteiger partial charge in [0.2, 0.25) is 0 Å². The van der Waals surface area contributed by atoms with E-state index in [0.717, 1.165) is 29.2 Å². The van der Waals surface area contributed by atoms with Gasteiger partial charge in [-0.2, -0.15) is 13.2 Å². The highest BCUT2D eigenvalue weighted by atomic mass is 19.4. The average molecular weight is 484 g/mol. The van der Waals surface area contributed by atoms with Gasteiger partial charge in [0.05, 0.1) is 29.6 Å². The highest BCUT2D eigenvalue weighted by molar-refractivity contribution is 6.51. The molecule has 0 radical (unpaired) electrons. The lowest BCUT2D eigenvalue weighted by molar-refractivity contribution is -0.137. The van der Waals surface area contributed by atoms with Crippen LogP contribution in [0.4, 0.5) is 24.5 Å². The second-order valence-corrected chi connectivity index (χ2v) is 8.18. The Labute approximate surface area is 197 Å². The SMILES string of the molecule is CN1CCOc2ccc(/C(O)=C3/C(=O)C(=O)N(c4ccc(C(F)(F)F)cc4)C3c3ccco3)cc21. The number of alkyl halides is 3. The summed E-state index contributed by atoms with van der Waals surface area (Å²) in [4.78, 5) is 29.1. The Morgan fingerprint density at radius 2 is 1.83 bits per heavy atom. The fourth-order valence-corrected chi connectivity index (χ4v) is 4.28. The topological polar surface area (TPSA) is 83.2 Å². The zero-order valence-electron chi connectivity index (χ0n) is 18.4. The lowest BCUT2D eigenvalue weighted by Crippen LogP contribution is -2.29. The summed E-state index contributed by atoms with van der Waals surface area (Å²) in [5, 5.41) is 11.2. The molecule has 2 aliphatic heterocycles. The minimum atomic E-state index is -4.56. The Kier molecular flexibility index (Phi) is 5.31. The molecule has 2 aliphatic rings. The third kappa shape index (κ3) is 3.80. The molecule has 35 heavy (non-hydrogen) atoms. The summed E-state index contributed by atoms with van der Waals surface area (Å²) in [5.41, 5.74) is -0.0917. The summed E-state index contributed by atoms with van der Waals surface area (Å²) in [6.45, 7) is 1.13. The van der Waals surface area contributed by atoms with Gasteiger partial charge in [0.15, 0.2) is 0 Å². The number of likely N-dealkylation sites (N-methyl/N-ethyl adjacent to an activating group) is 1. The van der Waals surface area contributed by atoms with E-state index >= 15 is 0 Å². The number of ketones is 1. The van der Waals surface area contributed by atoms with Crippen molar-refractivity contribution in [2.24, 2.45) is 0 Å². The molecular formula is C25H19F3N2O5. The first kappa shape index (κ1) is 22.6. The van der Waals surface area contributed by atoms with Crippen molar-refractivity contribution in [3.05, 3.63) is 83.3 Å². The summed E-state index contributed by atoms with van der Waals surface area (Å²) >= 11 is 0. The molecule has 3 heterocycles. The molecule has 1 fully saturated rings. The lowest BCUT2D eigenvalue weighted by Gasteiger charge is -2.28. The molecule has 10 heteroatoms. The normalized spacial score (nSPS) is 19.6. The molecule has 2 aromatic carbocycles. The van der Waals surface area contributed by atoms with E-state index in [0.29, 0.717) is 24.6 Å². The van der Waals surface area contributed by atoms with Gasteiger partial charge in [-0.05, 0) is 54.6 Å². The zero-order chi connectivity index (χ0) is 24.9. The van der Waals surface area contributed by atoms with Crippen molar-refractivity contribution in [1.29, 1.82) is 0 Å². The summed E-state index contributed by atoms with van der Waals surface area (Å²) in [5.74, 6) is -1.62. The first-order valence-corrected chi connectivity index (χ1v) is 10.7. The third-order valence-corrected chi connectivity index (χ3v) is 6.06. The van der Waals surface area contributed by atoms with Gasteiger partial charge in [-0.25, -0.2) is 0 Å². The fraction of sp³-hybridized carbons (Fsp3) is 0.200. The monoisotopic (exact) mass is 484 g/mol. The number of rotatable bonds is 3. The number of aliphatic hydroxyl groups excluding tert-OH is 1. The van der Waals surface area contributed by atoms with Gasteiger partial charge in [0.1, 0.15) is 29.9 Å². The molecule has 180 valence electrons. The molecule has 0 spiro atoms. The third-order valence-electron chi connectivity index (χ3n) is 6.06. The van der Waals surface area contributed by atoms with Crippen LogP contribution in [-0.4, -0.2) is 37.0 Å². The van der Waals surface area contributed by atoms with Crippen molar-refractivity contribution in [3.63, 3.8) is 0 Å². The quantitative estimate of drug-likeness (QED) is 0.328. The minimum Gasteiger partial charge on any atom is -0.507 e. The molecule has 1 N–H and O–H groups in total. The van der Waals surface area contributed by atoms with E-state index in [1.807, 2.05) is 11.9 Å². The highest BCUT2D eigenvalue weighted by Gasteiger charge is 2.48. The average Bonchev–Trinajstić information content (AvgIpc) is 3.45. The van der Waals surface area contributed by atoms with E-state index < -0.39 is 35.2 Å². The van der Waals surface area contributed by atoms with Gasteiger partial charge in [-0.15, -0.1) is 0 Å². The van der Waals surface area contributed by atoms with Crippen LogP contribution in [-0.2, 0) is 15.8 Å². The molecule has 0 saturated carbocycles. The maximum absolute atomic E-state index is 13.1. The van der Waals surface area contributed by atoms with Crippen LogP contribution in [0.25, 0.3) is 5.76 Å². The van der Waals surface area contributed by atoms with E-state index in [9.17, 15) is 27.9 Å². The molecular weight excluding hydrogens is 465 g/mol. The van der Waals surface area contributed by atoms with Crippen molar-refractivity contribution in [1.82, 2.24) is 0 Å². The number of Topliss-reactive ketones (excluding diaryl/α,β-unsaturated/α-hetero) is 1. The van der Waals surface area contributed by atoms with Crippen LogP contribution in [0.15, 0.2) is 70.9 Å². The Hall–Kier alpha value is -4.21. The molecule has 7 nitrogen and oxygen atoms in total. The second kappa shape index (κ2) is 8.23. The maximum Gasteiger partial charge on any atom is 0.416 e. The van der Waals surface area contributed by atoms with Crippen LogP contribution in [0.5, 0.6) is 5.75 Å². The minimum absolute atomic E-state index is 0.0547. The second-order valence-electron chi connectivity index (χ2n) is 8.18. The number of hydrogen-bond donors (Lipinski definition) is 1. The van der Waals surface area contributed by atoms with E-state index in [1.165, 1.54) is 12.3 Å². The summed E-state index contributed by atoms with van der Waals surface area (Å²) in [7, 11) is 1.86. The number of fused-ring (bicyclic) bond motifs is 1. The van der Waals surface area contributed by atoms with Crippen LogP contribution in [0, 0.1) is 0 Å². The summed E-state index contributed by atoms with van der Waals surface area (Å²) in [6.07, 6.45) is -3.22. The van der Waals surface area contributed by atoms with Crippen LogP contribution in [0.2, 0.25) is 0 Å². The van der Waals surface area contributed by atoms with Crippen LogP contribution < -0.4 is 14.5 Å². The first-order chi connectivity index (χ1) is 16.7. The number of anilines is 2. The molecule has 3 aromatic rings. The highest BCUT2D eigenvalue weighted by Crippen LogP contribution is 2.44. The van der Waals surface area contributed by atoms with Gasteiger partial charge in [0.25, 0.3) is 11.7 Å². The van der Waals surface area contributed by atoms with Gasteiger partial charge in [-0.3, -0.25) is 14.5 Å². The number of nitrogens with zero attached hydrogens (tertiary/aromatic N) is 2. The predicted octanol–water partition coefficient (Wildman–Crippen LogP) is 4.75. The Morgan fingerprint density at radius 3 is 2.49 bits per heavy atom. The van der Waals surface area contributed by atoms with E-state index in [4.69, 9.17) is 9.15 Å². The number of hydrogen-bond acceptors (Lipinski definition) is 6. The van der Waals surface area contributed by atoms with Crippen molar-refractivity contribution >= 4 is 28.8 Å². The Bertz CT molecular complexity index is 1330. The van der Waals surface area contributed by atoms with E-state index in [1.54, 1.807) is 24.3 Å².